The highest BCUT2D eigenvalue weighted by Gasteiger charge is 2.32. The minimum Gasteiger partial charge on any atom is -0.203 e. The SMILES string of the molecule is Fc1c(F)c(F)c(CSC(F)(F)F)c(F)c1F. The van der Waals surface area contributed by atoms with Gasteiger partial charge in [-0.25, -0.2) is 22.0 Å². The monoisotopic (exact) mass is 282 g/mol. The second kappa shape index (κ2) is 4.71. The van der Waals surface area contributed by atoms with Gasteiger partial charge in [0.1, 0.15) is 0 Å². The first-order chi connectivity index (χ1) is 7.65. The zero-order valence-corrected chi connectivity index (χ0v) is 8.46. The molecule has 0 bridgehead atoms. The van der Waals surface area contributed by atoms with E-state index in [-0.39, 0.29) is 0 Å². The van der Waals surface area contributed by atoms with Crippen LogP contribution in [0.15, 0.2) is 0 Å². The Kier molecular flexibility index (Phi) is 3.90. The van der Waals surface area contributed by atoms with Crippen molar-refractivity contribution in [2.75, 3.05) is 0 Å². The van der Waals surface area contributed by atoms with Crippen molar-refractivity contribution in [2.45, 2.75) is 11.3 Å². The first-order valence-electron chi connectivity index (χ1n) is 3.86. The maximum Gasteiger partial charge on any atom is 0.442 e. The molecule has 0 saturated carbocycles. The Morgan fingerprint density at radius 1 is 0.706 bits per heavy atom. The van der Waals surface area contributed by atoms with Crippen molar-refractivity contribution >= 4 is 11.8 Å². The summed E-state index contributed by atoms with van der Waals surface area (Å²) in [7, 11) is 0. The molecule has 0 unspecified atom stereocenters. The third-order valence-electron chi connectivity index (χ3n) is 1.68. The van der Waals surface area contributed by atoms with Gasteiger partial charge in [-0.2, -0.15) is 13.2 Å². The second-order valence-corrected chi connectivity index (χ2v) is 3.82. The fraction of sp³-hybridized carbons (Fsp3) is 0.250. The summed E-state index contributed by atoms with van der Waals surface area (Å²) in [6.45, 7) is 0. The molecule has 17 heavy (non-hydrogen) atoms. The van der Waals surface area contributed by atoms with E-state index < -0.39 is 57.7 Å². The van der Waals surface area contributed by atoms with Crippen LogP contribution in [0.3, 0.4) is 0 Å². The van der Waals surface area contributed by atoms with Crippen LogP contribution in [0.2, 0.25) is 0 Å². The lowest BCUT2D eigenvalue weighted by Crippen LogP contribution is -2.08. The smallest absolute Gasteiger partial charge is 0.203 e. The average molecular weight is 282 g/mol. The molecule has 0 nitrogen and oxygen atoms in total. The minimum atomic E-state index is -4.83. The van der Waals surface area contributed by atoms with Crippen molar-refractivity contribution in [2.24, 2.45) is 0 Å². The predicted molar refractivity (Wildman–Crippen MR) is 43.6 cm³/mol. The zero-order chi connectivity index (χ0) is 13.4. The molecular formula is C8H2F8S. The molecule has 0 fully saturated rings. The van der Waals surface area contributed by atoms with Crippen molar-refractivity contribution < 1.29 is 35.1 Å². The quantitative estimate of drug-likeness (QED) is 0.446. The highest BCUT2D eigenvalue weighted by Crippen LogP contribution is 2.35. The van der Waals surface area contributed by atoms with Gasteiger partial charge in [-0.1, -0.05) is 0 Å². The van der Waals surface area contributed by atoms with E-state index in [0.717, 1.165) is 0 Å². The third kappa shape index (κ3) is 3.02. The predicted octanol–water partition coefficient (Wildman–Crippen LogP) is 4.14. The van der Waals surface area contributed by atoms with E-state index in [2.05, 4.69) is 0 Å². The average Bonchev–Trinajstić information content (AvgIpc) is 2.22. The molecule has 0 atom stereocenters. The molecule has 0 heterocycles. The van der Waals surface area contributed by atoms with E-state index in [1.807, 2.05) is 0 Å². The molecule has 1 aromatic rings. The van der Waals surface area contributed by atoms with Gasteiger partial charge in [0.25, 0.3) is 0 Å². The van der Waals surface area contributed by atoms with E-state index in [1.165, 1.54) is 0 Å². The van der Waals surface area contributed by atoms with Crippen molar-refractivity contribution in [1.82, 2.24) is 0 Å². The van der Waals surface area contributed by atoms with Crippen LogP contribution in [0, 0.1) is 29.1 Å². The van der Waals surface area contributed by atoms with Crippen LogP contribution < -0.4 is 0 Å². The normalized spacial score (nSPS) is 12.0. The molecule has 0 saturated heterocycles. The summed E-state index contributed by atoms with van der Waals surface area (Å²) >= 11 is -0.898. The van der Waals surface area contributed by atoms with Gasteiger partial charge in [0.2, 0.25) is 5.82 Å². The van der Waals surface area contributed by atoms with Crippen LogP contribution in [-0.4, -0.2) is 5.51 Å². The van der Waals surface area contributed by atoms with Gasteiger partial charge >= 0.3 is 5.51 Å². The Bertz CT molecular complexity index is 409. The molecule has 0 aliphatic carbocycles. The number of rotatable bonds is 2. The highest BCUT2D eigenvalue weighted by atomic mass is 32.2. The van der Waals surface area contributed by atoms with Gasteiger partial charge in [-0.3, -0.25) is 0 Å². The molecule has 0 radical (unpaired) electrons. The number of hydrogen-bond acceptors (Lipinski definition) is 1. The summed E-state index contributed by atoms with van der Waals surface area (Å²) in [6, 6.07) is 0. The van der Waals surface area contributed by atoms with Crippen LogP contribution in [-0.2, 0) is 5.75 Å². The van der Waals surface area contributed by atoms with Crippen LogP contribution in [0.4, 0.5) is 35.1 Å². The molecule has 1 aromatic carbocycles. The summed E-state index contributed by atoms with van der Waals surface area (Å²) < 4.78 is 98.6. The molecule has 0 aromatic heterocycles. The number of halogens is 8. The van der Waals surface area contributed by atoms with Crippen molar-refractivity contribution in [3.05, 3.63) is 34.6 Å². The Balaban J connectivity index is 3.16. The fourth-order valence-electron chi connectivity index (χ4n) is 0.931. The first-order valence-corrected chi connectivity index (χ1v) is 4.84. The van der Waals surface area contributed by atoms with Gasteiger partial charge in [-0.05, 0) is 11.8 Å². The van der Waals surface area contributed by atoms with Gasteiger partial charge in [0.15, 0.2) is 23.3 Å². The molecule has 0 spiro atoms. The second-order valence-electron chi connectivity index (χ2n) is 2.78. The van der Waals surface area contributed by atoms with E-state index >= 15 is 0 Å². The van der Waals surface area contributed by atoms with E-state index in [1.54, 1.807) is 0 Å². The van der Waals surface area contributed by atoms with E-state index in [9.17, 15) is 35.1 Å². The van der Waals surface area contributed by atoms with Crippen molar-refractivity contribution in [1.29, 1.82) is 0 Å². The van der Waals surface area contributed by atoms with Gasteiger partial charge < -0.3 is 0 Å². The standard InChI is InChI=1S/C8H2F8S/c9-3-2(1-17-8(14,15)16)4(10)6(12)7(13)5(3)11/h1H2. The molecule has 0 aliphatic rings. The van der Waals surface area contributed by atoms with Gasteiger partial charge in [0.05, 0.1) is 0 Å². The lowest BCUT2D eigenvalue weighted by molar-refractivity contribution is -0.0329. The summed E-state index contributed by atoms with van der Waals surface area (Å²) in [6.07, 6.45) is 0. The van der Waals surface area contributed by atoms with Gasteiger partial charge in [0, 0.05) is 11.3 Å². The van der Waals surface area contributed by atoms with Crippen LogP contribution in [0.25, 0.3) is 0 Å². The summed E-state index contributed by atoms with van der Waals surface area (Å²) in [5, 5.41) is 0. The number of benzene rings is 1. The maximum atomic E-state index is 12.9. The number of thioether (sulfide) groups is 1. The minimum absolute atomic E-state index is 0.898. The van der Waals surface area contributed by atoms with E-state index in [4.69, 9.17) is 0 Å². The molecule has 0 N–H and O–H groups in total. The van der Waals surface area contributed by atoms with E-state index in [0.29, 0.717) is 0 Å². The Morgan fingerprint density at radius 2 is 1.06 bits per heavy atom. The largest absolute Gasteiger partial charge is 0.442 e. The van der Waals surface area contributed by atoms with Crippen molar-refractivity contribution in [3.8, 4) is 0 Å². The number of alkyl halides is 3. The van der Waals surface area contributed by atoms with Crippen molar-refractivity contribution in [3.63, 3.8) is 0 Å². The summed E-state index contributed by atoms with van der Waals surface area (Å²) in [5.74, 6) is -12.8. The van der Waals surface area contributed by atoms with Crippen LogP contribution in [0.1, 0.15) is 5.56 Å². The van der Waals surface area contributed by atoms with Crippen LogP contribution >= 0.6 is 11.8 Å². The molecule has 0 aliphatic heterocycles. The topological polar surface area (TPSA) is 0 Å². The number of hydrogen-bond donors (Lipinski definition) is 0. The summed E-state index contributed by atoms with van der Waals surface area (Å²) in [5.41, 5.74) is -6.33. The third-order valence-corrected chi connectivity index (χ3v) is 2.44. The molecular weight excluding hydrogens is 280 g/mol. The lowest BCUT2D eigenvalue weighted by atomic mass is 10.2. The summed E-state index contributed by atoms with van der Waals surface area (Å²) in [4.78, 5) is 0. The Hall–Kier alpha value is -0.990. The van der Waals surface area contributed by atoms with Gasteiger partial charge in [-0.15, -0.1) is 0 Å². The Morgan fingerprint density at radius 3 is 1.41 bits per heavy atom. The Labute approximate surface area is 93.6 Å². The lowest BCUT2D eigenvalue weighted by Gasteiger charge is -2.09. The molecule has 9 heteroatoms. The first kappa shape index (κ1) is 14.1. The molecule has 96 valence electrons. The highest BCUT2D eigenvalue weighted by molar-refractivity contribution is 7.99. The van der Waals surface area contributed by atoms with Crippen LogP contribution in [0.5, 0.6) is 0 Å². The molecule has 0 amide bonds. The fourth-order valence-corrected chi connectivity index (χ4v) is 1.49. The maximum absolute atomic E-state index is 12.9. The molecule has 1 rings (SSSR count). The zero-order valence-electron chi connectivity index (χ0n) is 7.64.